The maximum absolute atomic E-state index is 2.47. The normalized spacial score (nSPS) is 15.5. The van der Waals surface area contributed by atoms with Gasteiger partial charge in [0, 0.05) is 0 Å². The summed E-state index contributed by atoms with van der Waals surface area (Å²) in [6.45, 7) is 20.4. The van der Waals surface area contributed by atoms with E-state index in [-0.39, 0.29) is 0 Å². The van der Waals surface area contributed by atoms with Crippen molar-refractivity contribution in [3.63, 3.8) is 0 Å². The van der Waals surface area contributed by atoms with Gasteiger partial charge in [0.1, 0.15) is 0 Å². The fraction of sp³-hybridized carbons (Fsp3) is 0.348. The first kappa shape index (κ1) is 35.0. The van der Waals surface area contributed by atoms with Crippen LogP contribution in [0.3, 0.4) is 0 Å². The molecule has 0 unspecified atom stereocenters. The highest BCUT2D eigenvalue weighted by Gasteiger charge is 2.25. The van der Waals surface area contributed by atoms with Crippen molar-refractivity contribution in [2.75, 3.05) is 0 Å². The van der Waals surface area contributed by atoms with Crippen molar-refractivity contribution in [2.45, 2.75) is 101 Å². The lowest BCUT2D eigenvalue weighted by Crippen LogP contribution is -2.14. The molecule has 0 N–H and O–H groups in total. The van der Waals surface area contributed by atoms with Crippen LogP contribution >= 0.6 is 0 Å². The first-order valence-corrected chi connectivity index (χ1v) is 17.6. The molecule has 1 fully saturated rings. The monoisotopic (exact) mass is 608 g/mol. The molecular weight excluding hydrogens is 553 g/mol. The van der Waals surface area contributed by atoms with E-state index in [4.69, 9.17) is 0 Å². The fourth-order valence-corrected chi connectivity index (χ4v) is 6.49. The molecule has 3 aromatic carbocycles. The second-order valence-corrected chi connectivity index (χ2v) is 13.1. The Hall–Kier alpha value is -3.90. The second kappa shape index (κ2) is 16.6. The van der Waals surface area contributed by atoms with E-state index in [0.29, 0.717) is 5.92 Å². The molecule has 0 nitrogen and oxygen atoms in total. The van der Waals surface area contributed by atoms with E-state index in [9.17, 15) is 0 Å². The fourth-order valence-electron chi connectivity index (χ4n) is 6.49. The predicted molar refractivity (Wildman–Crippen MR) is 207 cm³/mol. The molecule has 0 aliphatic heterocycles. The largest absolute Gasteiger partial charge is 0.0848 e. The van der Waals surface area contributed by atoms with Gasteiger partial charge in [-0.2, -0.15) is 0 Å². The molecule has 3 aromatic rings. The average molecular weight is 609 g/mol. The van der Waals surface area contributed by atoms with Crippen LogP contribution in [0.15, 0.2) is 96.1 Å². The summed E-state index contributed by atoms with van der Waals surface area (Å²) in [7, 11) is 0. The Morgan fingerprint density at radius 1 is 0.739 bits per heavy atom. The van der Waals surface area contributed by atoms with Crippen LogP contribution in [0.4, 0.5) is 0 Å². The maximum atomic E-state index is 2.47. The first-order chi connectivity index (χ1) is 22.2. The van der Waals surface area contributed by atoms with E-state index in [1.807, 2.05) is 0 Å². The minimum atomic E-state index is 0.667. The summed E-state index contributed by atoms with van der Waals surface area (Å²) in [5.41, 5.74) is 19.1. The number of hydrogen-bond acceptors (Lipinski definition) is 0. The zero-order chi connectivity index (χ0) is 33.2. The van der Waals surface area contributed by atoms with Crippen LogP contribution in [0.5, 0.6) is 0 Å². The van der Waals surface area contributed by atoms with Gasteiger partial charge in [-0.05, 0) is 152 Å². The van der Waals surface area contributed by atoms with Gasteiger partial charge in [-0.1, -0.05) is 129 Å². The molecule has 0 heteroatoms. The zero-order valence-corrected chi connectivity index (χ0v) is 30.1. The van der Waals surface area contributed by atoms with Crippen molar-refractivity contribution in [1.29, 1.82) is 0 Å². The number of rotatable bonds is 12. The maximum Gasteiger partial charge on any atom is -0.0103 e. The summed E-state index contributed by atoms with van der Waals surface area (Å²) in [4.78, 5) is 0. The molecule has 4 rings (SSSR count). The predicted octanol–water partition coefficient (Wildman–Crippen LogP) is 13.9. The van der Waals surface area contributed by atoms with Crippen LogP contribution in [0.25, 0.3) is 28.9 Å². The van der Waals surface area contributed by atoms with Crippen LogP contribution in [0, 0.1) is 26.7 Å². The third kappa shape index (κ3) is 8.08. The summed E-state index contributed by atoms with van der Waals surface area (Å²) in [5, 5.41) is 0. The lowest BCUT2D eigenvalue weighted by molar-refractivity contribution is 0.369. The Balaban J connectivity index is 1.81. The molecule has 240 valence electrons. The molecule has 0 bridgehead atoms. The van der Waals surface area contributed by atoms with E-state index in [1.54, 1.807) is 5.57 Å². The van der Waals surface area contributed by atoms with Crippen LogP contribution < -0.4 is 0 Å². The molecule has 1 saturated carbocycles. The van der Waals surface area contributed by atoms with Gasteiger partial charge in [0.15, 0.2) is 0 Å². The minimum Gasteiger partial charge on any atom is -0.0848 e. The first-order valence-electron chi connectivity index (χ1n) is 17.6. The standard InChI is InChI=1S/C46H56/c1-10-13-14-15-20-39-27-28-40(36(8)35(39)7)29-30-41(19-11-2)42-26-25-33(5)45(31-42)46(37(9)38-21-18-22-38)44-24-17-16-23-43(44)34(6)32(4)12-3/h13-17,19-20,23-31,38H,10-12,18,21-22H2,1-9H3/b14-13+,20-15-,30-29-,34-32-,41-19+,46-37-. The van der Waals surface area contributed by atoms with Gasteiger partial charge in [-0.15, -0.1) is 0 Å². The Bertz CT molecular complexity index is 1700. The smallest absolute Gasteiger partial charge is 0.0103 e. The van der Waals surface area contributed by atoms with Crippen molar-refractivity contribution < 1.29 is 0 Å². The molecule has 46 heavy (non-hydrogen) atoms. The molecule has 0 spiro atoms. The van der Waals surface area contributed by atoms with Crippen LogP contribution in [-0.2, 0) is 0 Å². The van der Waals surface area contributed by atoms with E-state index < -0.39 is 0 Å². The quantitative estimate of drug-likeness (QED) is 0.179. The van der Waals surface area contributed by atoms with Gasteiger partial charge in [-0.25, -0.2) is 0 Å². The van der Waals surface area contributed by atoms with E-state index in [2.05, 4.69) is 159 Å². The van der Waals surface area contributed by atoms with E-state index >= 15 is 0 Å². The van der Waals surface area contributed by atoms with Gasteiger partial charge in [-0.3, -0.25) is 0 Å². The summed E-state index contributed by atoms with van der Waals surface area (Å²) >= 11 is 0. The number of allylic oxidation sites excluding steroid dienone is 9. The van der Waals surface area contributed by atoms with Crippen molar-refractivity contribution in [2.24, 2.45) is 5.92 Å². The van der Waals surface area contributed by atoms with Crippen molar-refractivity contribution in [3.05, 3.63) is 146 Å². The summed E-state index contributed by atoms with van der Waals surface area (Å²) in [6, 6.07) is 20.7. The third-order valence-electron chi connectivity index (χ3n) is 10.2. The number of benzene rings is 3. The number of hydrogen-bond donors (Lipinski definition) is 0. The van der Waals surface area contributed by atoms with Gasteiger partial charge >= 0.3 is 0 Å². The molecule has 0 aromatic heterocycles. The molecule has 1 aliphatic carbocycles. The minimum absolute atomic E-state index is 0.667. The molecule has 1 aliphatic rings. The molecule has 0 radical (unpaired) electrons. The van der Waals surface area contributed by atoms with Crippen molar-refractivity contribution in [3.8, 4) is 0 Å². The van der Waals surface area contributed by atoms with Gasteiger partial charge in [0.25, 0.3) is 0 Å². The van der Waals surface area contributed by atoms with Crippen molar-refractivity contribution in [1.82, 2.24) is 0 Å². The molecule has 0 atom stereocenters. The highest BCUT2D eigenvalue weighted by atomic mass is 14.3. The van der Waals surface area contributed by atoms with Crippen LogP contribution in [0.2, 0.25) is 0 Å². The summed E-state index contributed by atoms with van der Waals surface area (Å²) in [5.74, 6) is 0.667. The van der Waals surface area contributed by atoms with Crippen LogP contribution in [0.1, 0.15) is 130 Å². The second-order valence-electron chi connectivity index (χ2n) is 13.1. The van der Waals surface area contributed by atoms with Gasteiger partial charge in [0.05, 0.1) is 0 Å². The van der Waals surface area contributed by atoms with Crippen molar-refractivity contribution >= 4 is 28.9 Å². The Labute approximate surface area is 281 Å². The summed E-state index contributed by atoms with van der Waals surface area (Å²) in [6.07, 6.45) is 22.7. The van der Waals surface area contributed by atoms with E-state index in [0.717, 1.165) is 19.3 Å². The van der Waals surface area contributed by atoms with Gasteiger partial charge in [0.2, 0.25) is 0 Å². The Morgan fingerprint density at radius 2 is 1.41 bits per heavy atom. The third-order valence-corrected chi connectivity index (χ3v) is 10.2. The number of aryl methyl sites for hydroxylation is 1. The molecular formula is C46H56. The van der Waals surface area contributed by atoms with Gasteiger partial charge < -0.3 is 0 Å². The molecule has 0 amide bonds. The lowest BCUT2D eigenvalue weighted by Gasteiger charge is -2.30. The average Bonchev–Trinajstić information content (AvgIpc) is 3.03. The Morgan fingerprint density at radius 3 is 2.02 bits per heavy atom. The molecule has 0 saturated heterocycles. The lowest BCUT2D eigenvalue weighted by atomic mass is 9.74. The molecule has 0 heterocycles. The zero-order valence-electron chi connectivity index (χ0n) is 30.1. The highest BCUT2D eigenvalue weighted by Crippen LogP contribution is 2.43. The topological polar surface area (TPSA) is 0 Å². The Kier molecular flexibility index (Phi) is 12.6. The SMILES string of the molecule is CC/C=C/C=C\c1ccc(/C=C\C(=C/CC)c2ccc(C)c(/C(=C(/C)C3CCC3)c3ccccc3/C(C)=C(/C)CC)c2)c(C)c1C. The van der Waals surface area contributed by atoms with Crippen LogP contribution in [-0.4, -0.2) is 0 Å². The summed E-state index contributed by atoms with van der Waals surface area (Å²) < 4.78 is 0. The van der Waals surface area contributed by atoms with E-state index in [1.165, 1.54) is 91.6 Å². The highest BCUT2D eigenvalue weighted by molar-refractivity contribution is 5.91.